The first-order valence-electron chi connectivity index (χ1n) is 6.89. The number of rotatable bonds is 5. The van der Waals surface area contributed by atoms with Crippen LogP contribution in [0.3, 0.4) is 0 Å². The molecule has 1 aromatic carbocycles. The first-order chi connectivity index (χ1) is 9.13. The van der Waals surface area contributed by atoms with Crippen molar-refractivity contribution in [3.8, 4) is 5.75 Å². The first kappa shape index (κ1) is 14.2. The minimum absolute atomic E-state index is 0.281. The molecule has 4 heteroatoms. The zero-order valence-electron chi connectivity index (χ0n) is 11.7. The van der Waals surface area contributed by atoms with Crippen molar-refractivity contribution in [1.82, 2.24) is 0 Å². The zero-order chi connectivity index (χ0) is 13.7. The molecule has 0 bridgehead atoms. The summed E-state index contributed by atoms with van der Waals surface area (Å²) in [5, 5.41) is 0. The Morgan fingerprint density at radius 3 is 2.63 bits per heavy atom. The van der Waals surface area contributed by atoms with Crippen LogP contribution in [0.25, 0.3) is 0 Å². The molecule has 1 fully saturated rings. The van der Waals surface area contributed by atoms with Crippen LogP contribution in [0.4, 0.5) is 5.69 Å². The third-order valence-electron chi connectivity index (χ3n) is 3.22. The predicted molar refractivity (Wildman–Crippen MR) is 75.3 cm³/mol. The SMILES string of the molecule is CC1CC(OCCOc2cccc(N)c2)CC(C)O1. The number of ether oxygens (including phenoxy) is 3. The highest BCUT2D eigenvalue weighted by atomic mass is 16.5. The quantitative estimate of drug-likeness (QED) is 0.657. The molecule has 1 saturated heterocycles. The second kappa shape index (κ2) is 6.78. The summed E-state index contributed by atoms with van der Waals surface area (Å²) in [7, 11) is 0. The smallest absolute Gasteiger partial charge is 0.121 e. The lowest BCUT2D eigenvalue weighted by molar-refractivity contribution is -0.104. The topological polar surface area (TPSA) is 53.7 Å². The van der Waals surface area contributed by atoms with Gasteiger partial charge in [0.15, 0.2) is 0 Å². The van der Waals surface area contributed by atoms with Gasteiger partial charge in [0, 0.05) is 11.8 Å². The molecular weight excluding hydrogens is 242 g/mol. The fourth-order valence-corrected chi connectivity index (χ4v) is 2.46. The lowest BCUT2D eigenvalue weighted by Crippen LogP contribution is -2.34. The van der Waals surface area contributed by atoms with Gasteiger partial charge < -0.3 is 19.9 Å². The predicted octanol–water partition coefficient (Wildman–Crippen LogP) is 2.62. The van der Waals surface area contributed by atoms with E-state index in [1.54, 1.807) is 0 Å². The van der Waals surface area contributed by atoms with Gasteiger partial charge in [-0.3, -0.25) is 0 Å². The molecule has 0 aliphatic carbocycles. The monoisotopic (exact) mass is 265 g/mol. The molecular formula is C15H23NO3. The standard InChI is InChI=1S/C15H23NO3/c1-11-8-15(9-12(2)19-11)18-7-6-17-14-5-3-4-13(16)10-14/h3-5,10-12,15H,6-9,16H2,1-2H3. The minimum Gasteiger partial charge on any atom is -0.491 e. The average molecular weight is 265 g/mol. The molecule has 1 heterocycles. The molecule has 2 rings (SSSR count). The summed E-state index contributed by atoms with van der Waals surface area (Å²) in [6, 6.07) is 7.44. The van der Waals surface area contributed by atoms with Crippen LogP contribution in [0.1, 0.15) is 26.7 Å². The highest BCUT2D eigenvalue weighted by Gasteiger charge is 2.24. The highest BCUT2D eigenvalue weighted by Crippen LogP contribution is 2.21. The lowest BCUT2D eigenvalue weighted by Gasteiger charge is -2.31. The summed E-state index contributed by atoms with van der Waals surface area (Å²) in [5.74, 6) is 0.789. The van der Waals surface area contributed by atoms with E-state index in [1.165, 1.54) is 0 Å². The fraction of sp³-hybridized carbons (Fsp3) is 0.600. The van der Waals surface area contributed by atoms with Gasteiger partial charge in [-0.1, -0.05) is 6.07 Å². The van der Waals surface area contributed by atoms with E-state index in [-0.39, 0.29) is 18.3 Å². The molecule has 1 aliphatic heterocycles. The van der Waals surface area contributed by atoms with Gasteiger partial charge in [0.05, 0.1) is 24.9 Å². The van der Waals surface area contributed by atoms with Gasteiger partial charge in [0.25, 0.3) is 0 Å². The number of anilines is 1. The summed E-state index contributed by atoms with van der Waals surface area (Å²) in [5.41, 5.74) is 6.40. The number of benzene rings is 1. The van der Waals surface area contributed by atoms with Gasteiger partial charge in [-0.15, -0.1) is 0 Å². The van der Waals surface area contributed by atoms with Gasteiger partial charge in [-0.2, -0.15) is 0 Å². The van der Waals surface area contributed by atoms with E-state index in [1.807, 2.05) is 24.3 Å². The van der Waals surface area contributed by atoms with Gasteiger partial charge in [-0.05, 0) is 38.8 Å². The van der Waals surface area contributed by atoms with Crippen LogP contribution < -0.4 is 10.5 Å². The van der Waals surface area contributed by atoms with Gasteiger partial charge in [0.1, 0.15) is 12.4 Å². The third-order valence-corrected chi connectivity index (χ3v) is 3.22. The number of hydrogen-bond acceptors (Lipinski definition) is 4. The van der Waals surface area contributed by atoms with E-state index in [9.17, 15) is 0 Å². The zero-order valence-corrected chi connectivity index (χ0v) is 11.7. The lowest BCUT2D eigenvalue weighted by atomic mass is 10.0. The van der Waals surface area contributed by atoms with E-state index < -0.39 is 0 Å². The maximum Gasteiger partial charge on any atom is 0.121 e. The summed E-state index contributed by atoms with van der Waals surface area (Å²) in [4.78, 5) is 0. The van der Waals surface area contributed by atoms with Gasteiger partial charge in [0.2, 0.25) is 0 Å². The summed E-state index contributed by atoms with van der Waals surface area (Å²) in [6.45, 7) is 5.33. The molecule has 1 aromatic rings. The van der Waals surface area contributed by atoms with Crippen molar-refractivity contribution in [3.05, 3.63) is 24.3 Å². The second-order valence-electron chi connectivity index (χ2n) is 5.14. The van der Waals surface area contributed by atoms with E-state index >= 15 is 0 Å². The summed E-state index contributed by atoms with van der Waals surface area (Å²) < 4.78 is 17.1. The Morgan fingerprint density at radius 1 is 1.21 bits per heavy atom. The maximum absolute atomic E-state index is 5.84. The van der Waals surface area contributed by atoms with Crippen molar-refractivity contribution >= 4 is 5.69 Å². The molecule has 19 heavy (non-hydrogen) atoms. The van der Waals surface area contributed by atoms with Crippen molar-refractivity contribution < 1.29 is 14.2 Å². The molecule has 4 nitrogen and oxygen atoms in total. The molecule has 1 aliphatic rings. The Morgan fingerprint density at radius 2 is 1.95 bits per heavy atom. The number of hydrogen-bond donors (Lipinski definition) is 1. The second-order valence-corrected chi connectivity index (χ2v) is 5.14. The van der Waals surface area contributed by atoms with Gasteiger partial charge >= 0.3 is 0 Å². The summed E-state index contributed by atoms with van der Waals surface area (Å²) >= 11 is 0. The Kier molecular flexibility index (Phi) is 5.05. The van der Waals surface area contributed by atoms with Gasteiger partial charge in [-0.25, -0.2) is 0 Å². The molecule has 2 atom stereocenters. The molecule has 0 amide bonds. The Hall–Kier alpha value is -1.26. The van der Waals surface area contributed by atoms with E-state index in [2.05, 4.69) is 13.8 Å². The first-order valence-corrected chi connectivity index (χ1v) is 6.89. The van der Waals surface area contributed by atoms with Crippen LogP contribution in [0.2, 0.25) is 0 Å². The Labute approximate surface area is 114 Å². The molecule has 0 aromatic heterocycles. The normalized spacial score (nSPS) is 27.2. The Balaban J connectivity index is 1.66. The van der Waals surface area contributed by atoms with Crippen molar-refractivity contribution in [3.63, 3.8) is 0 Å². The molecule has 0 saturated carbocycles. The molecule has 0 spiro atoms. The molecule has 106 valence electrons. The highest BCUT2D eigenvalue weighted by molar-refractivity contribution is 5.43. The average Bonchev–Trinajstić information content (AvgIpc) is 2.34. The van der Waals surface area contributed by atoms with Crippen molar-refractivity contribution in [2.75, 3.05) is 18.9 Å². The van der Waals surface area contributed by atoms with Crippen LogP contribution in [-0.4, -0.2) is 31.5 Å². The minimum atomic E-state index is 0.281. The van der Waals surface area contributed by atoms with Crippen LogP contribution in [-0.2, 0) is 9.47 Å². The van der Waals surface area contributed by atoms with E-state index in [0.717, 1.165) is 18.6 Å². The third kappa shape index (κ3) is 4.73. The van der Waals surface area contributed by atoms with Crippen LogP contribution >= 0.6 is 0 Å². The van der Waals surface area contributed by atoms with Crippen LogP contribution in [0.15, 0.2) is 24.3 Å². The maximum atomic E-state index is 5.84. The number of nitrogen functional groups attached to an aromatic ring is 1. The van der Waals surface area contributed by atoms with Crippen LogP contribution in [0.5, 0.6) is 5.75 Å². The van der Waals surface area contributed by atoms with Crippen molar-refractivity contribution in [1.29, 1.82) is 0 Å². The molecule has 2 unspecified atom stereocenters. The largest absolute Gasteiger partial charge is 0.491 e. The van der Waals surface area contributed by atoms with E-state index in [0.29, 0.717) is 18.9 Å². The number of nitrogens with two attached hydrogens (primary N) is 1. The molecule has 0 radical (unpaired) electrons. The molecule has 2 N–H and O–H groups in total. The fourth-order valence-electron chi connectivity index (χ4n) is 2.46. The Bertz CT molecular complexity index is 387. The summed E-state index contributed by atoms with van der Waals surface area (Å²) in [6.07, 6.45) is 2.76. The van der Waals surface area contributed by atoms with E-state index in [4.69, 9.17) is 19.9 Å². The van der Waals surface area contributed by atoms with Crippen LogP contribution in [0, 0.1) is 0 Å². The van der Waals surface area contributed by atoms with Crippen molar-refractivity contribution in [2.45, 2.75) is 45.0 Å². The van der Waals surface area contributed by atoms with Crippen molar-refractivity contribution in [2.24, 2.45) is 0 Å².